The molecule has 0 radical (unpaired) electrons. The summed E-state index contributed by atoms with van der Waals surface area (Å²) in [5.74, 6) is -0.0430. The molecular formula is C16H18O2. The van der Waals surface area contributed by atoms with Crippen LogP contribution < -0.4 is 0 Å². The Balaban J connectivity index is 2.26. The molecule has 0 saturated heterocycles. The molecule has 2 aromatic rings. The van der Waals surface area contributed by atoms with E-state index in [-0.39, 0.29) is 5.92 Å². The Kier molecular flexibility index (Phi) is 4.51. The largest absolute Gasteiger partial charge is 0.388 e. The van der Waals surface area contributed by atoms with Crippen LogP contribution in [0.5, 0.6) is 0 Å². The Labute approximate surface area is 108 Å². The first-order valence-electron chi connectivity index (χ1n) is 6.10. The van der Waals surface area contributed by atoms with Gasteiger partial charge in [0.1, 0.15) is 0 Å². The minimum absolute atomic E-state index is 0.0430. The molecule has 0 amide bonds. The van der Waals surface area contributed by atoms with Crippen LogP contribution >= 0.6 is 0 Å². The van der Waals surface area contributed by atoms with Gasteiger partial charge in [-0.25, -0.2) is 0 Å². The number of rotatable bonds is 5. The summed E-state index contributed by atoms with van der Waals surface area (Å²) in [4.78, 5) is 0. The highest BCUT2D eigenvalue weighted by molar-refractivity contribution is 5.26. The summed E-state index contributed by atoms with van der Waals surface area (Å²) in [5, 5.41) is 10.5. The average molecular weight is 242 g/mol. The van der Waals surface area contributed by atoms with Crippen LogP contribution in [0.2, 0.25) is 0 Å². The van der Waals surface area contributed by atoms with E-state index in [1.54, 1.807) is 7.11 Å². The minimum Gasteiger partial charge on any atom is -0.388 e. The number of hydrogen-bond donors (Lipinski definition) is 1. The van der Waals surface area contributed by atoms with Gasteiger partial charge < -0.3 is 9.84 Å². The first-order valence-corrected chi connectivity index (χ1v) is 6.10. The van der Waals surface area contributed by atoms with Crippen LogP contribution in [0.15, 0.2) is 60.7 Å². The number of methoxy groups -OCH3 is 1. The molecule has 0 heterocycles. The first kappa shape index (κ1) is 12.8. The van der Waals surface area contributed by atoms with Gasteiger partial charge in [0.15, 0.2) is 0 Å². The molecule has 0 aliphatic heterocycles. The van der Waals surface area contributed by atoms with Crippen LogP contribution in [0.1, 0.15) is 23.1 Å². The second kappa shape index (κ2) is 6.34. The summed E-state index contributed by atoms with van der Waals surface area (Å²) in [6, 6.07) is 19.7. The van der Waals surface area contributed by atoms with Crippen molar-refractivity contribution in [3.63, 3.8) is 0 Å². The molecule has 2 aromatic carbocycles. The quantitative estimate of drug-likeness (QED) is 0.872. The molecule has 0 bridgehead atoms. The lowest BCUT2D eigenvalue weighted by molar-refractivity contribution is 0.0847. The molecule has 94 valence electrons. The third kappa shape index (κ3) is 2.97. The number of aliphatic hydroxyl groups excluding tert-OH is 1. The molecule has 2 nitrogen and oxygen atoms in total. The van der Waals surface area contributed by atoms with E-state index in [0.29, 0.717) is 6.61 Å². The normalized spacial score (nSPS) is 14.1. The summed E-state index contributed by atoms with van der Waals surface area (Å²) >= 11 is 0. The van der Waals surface area contributed by atoms with Crippen molar-refractivity contribution in [2.75, 3.05) is 13.7 Å². The lowest BCUT2D eigenvalue weighted by atomic mass is 9.90. The summed E-state index contributed by atoms with van der Waals surface area (Å²) in [6.07, 6.45) is -0.548. The molecule has 2 unspecified atom stereocenters. The predicted molar refractivity (Wildman–Crippen MR) is 72.5 cm³/mol. The molecule has 0 saturated carbocycles. The van der Waals surface area contributed by atoms with Crippen LogP contribution in [0, 0.1) is 0 Å². The maximum absolute atomic E-state index is 10.5. The van der Waals surface area contributed by atoms with E-state index in [1.807, 2.05) is 60.7 Å². The molecule has 18 heavy (non-hydrogen) atoms. The van der Waals surface area contributed by atoms with Crippen molar-refractivity contribution < 1.29 is 9.84 Å². The van der Waals surface area contributed by atoms with Gasteiger partial charge in [-0.2, -0.15) is 0 Å². The zero-order valence-electron chi connectivity index (χ0n) is 10.5. The van der Waals surface area contributed by atoms with Crippen LogP contribution in [0.25, 0.3) is 0 Å². The molecule has 2 heteroatoms. The van der Waals surface area contributed by atoms with E-state index in [1.165, 1.54) is 0 Å². The fraction of sp³-hybridized carbons (Fsp3) is 0.250. The lowest BCUT2D eigenvalue weighted by Crippen LogP contribution is -2.16. The van der Waals surface area contributed by atoms with E-state index in [2.05, 4.69) is 0 Å². The minimum atomic E-state index is -0.548. The molecule has 0 fully saturated rings. The standard InChI is InChI=1S/C16H18O2/c1-18-12-15(13-8-4-2-5-9-13)16(17)14-10-6-3-7-11-14/h2-11,15-17H,12H2,1H3. The van der Waals surface area contributed by atoms with E-state index < -0.39 is 6.10 Å². The lowest BCUT2D eigenvalue weighted by Gasteiger charge is -2.23. The Hall–Kier alpha value is -1.64. The SMILES string of the molecule is COCC(c1ccccc1)C(O)c1ccccc1. The van der Waals surface area contributed by atoms with Crippen molar-refractivity contribution in [1.82, 2.24) is 0 Å². The number of benzene rings is 2. The predicted octanol–water partition coefficient (Wildman–Crippen LogP) is 3.15. The molecule has 0 aromatic heterocycles. The van der Waals surface area contributed by atoms with Gasteiger partial charge in [0, 0.05) is 13.0 Å². The average Bonchev–Trinajstić information content (AvgIpc) is 2.46. The Morgan fingerprint density at radius 1 is 0.889 bits per heavy atom. The summed E-state index contributed by atoms with van der Waals surface area (Å²) in [7, 11) is 1.66. The number of aliphatic hydroxyl groups is 1. The van der Waals surface area contributed by atoms with Crippen LogP contribution in [0.4, 0.5) is 0 Å². The van der Waals surface area contributed by atoms with Crippen LogP contribution in [-0.4, -0.2) is 18.8 Å². The Bertz CT molecular complexity index is 453. The van der Waals surface area contributed by atoms with E-state index >= 15 is 0 Å². The zero-order chi connectivity index (χ0) is 12.8. The highest BCUT2D eigenvalue weighted by atomic mass is 16.5. The van der Waals surface area contributed by atoms with Crippen molar-refractivity contribution in [2.45, 2.75) is 12.0 Å². The molecular weight excluding hydrogens is 224 g/mol. The fourth-order valence-corrected chi connectivity index (χ4v) is 2.13. The number of ether oxygens (including phenoxy) is 1. The van der Waals surface area contributed by atoms with Crippen LogP contribution in [0.3, 0.4) is 0 Å². The van der Waals surface area contributed by atoms with Crippen molar-refractivity contribution in [2.24, 2.45) is 0 Å². The maximum Gasteiger partial charge on any atom is 0.0880 e. The first-order chi connectivity index (χ1) is 8.83. The third-order valence-electron chi connectivity index (χ3n) is 3.10. The van der Waals surface area contributed by atoms with Gasteiger partial charge in [0.25, 0.3) is 0 Å². The van der Waals surface area contributed by atoms with E-state index in [4.69, 9.17) is 4.74 Å². The van der Waals surface area contributed by atoms with Crippen molar-refractivity contribution in [3.8, 4) is 0 Å². The second-order valence-electron chi connectivity index (χ2n) is 4.33. The maximum atomic E-state index is 10.5. The summed E-state index contributed by atoms with van der Waals surface area (Å²) in [6.45, 7) is 0.500. The Morgan fingerprint density at radius 3 is 1.89 bits per heavy atom. The topological polar surface area (TPSA) is 29.5 Å². The third-order valence-corrected chi connectivity index (χ3v) is 3.10. The molecule has 0 spiro atoms. The van der Waals surface area contributed by atoms with Gasteiger partial charge in [-0.3, -0.25) is 0 Å². The molecule has 0 aliphatic rings. The molecule has 2 atom stereocenters. The smallest absolute Gasteiger partial charge is 0.0880 e. The number of hydrogen-bond acceptors (Lipinski definition) is 2. The summed E-state index contributed by atoms with van der Waals surface area (Å²) < 4.78 is 5.24. The van der Waals surface area contributed by atoms with Gasteiger partial charge >= 0.3 is 0 Å². The van der Waals surface area contributed by atoms with Gasteiger partial charge in [-0.15, -0.1) is 0 Å². The van der Waals surface area contributed by atoms with Gasteiger partial charge in [-0.05, 0) is 11.1 Å². The monoisotopic (exact) mass is 242 g/mol. The molecule has 0 aliphatic carbocycles. The Morgan fingerprint density at radius 2 is 1.39 bits per heavy atom. The molecule has 1 N–H and O–H groups in total. The van der Waals surface area contributed by atoms with Crippen molar-refractivity contribution >= 4 is 0 Å². The van der Waals surface area contributed by atoms with E-state index in [0.717, 1.165) is 11.1 Å². The van der Waals surface area contributed by atoms with E-state index in [9.17, 15) is 5.11 Å². The second-order valence-corrected chi connectivity index (χ2v) is 4.33. The highest BCUT2D eigenvalue weighted by Gasteiger charge is 2.22. The summed E-state index contributed by atoms with van der Waals surface area (Å²) in [5.41, 5.74) is 2.01. The van der Waals surface area contributed by atoms with Gasteiger partial charge in [0.2, 0.25) is 0 Å². The van der Waals surface area contributed by atoms with Crippen molar-refractivity contribution in [1.29, 1.82) is 0 Å². The van der Waals surface area contributed by atoms with Gasteiger partial charge in [-0.1, -0.05) is 60.7 Å². The zero-order valence-corrected chi connectivity index (χ0v) is 10.5. The highest BCUT2D eigenvalue weighted by Crippen LogP contribution is 2.30. The van der Waals surface area contributed by atoms with Gasteiger partial charge in [0.05, 0.1) is 12.7 Å². The van der Waals surface area contributed by atoms with Crippen LogP contribution in [-0.2, 0) is 4.74 Å². The fourth-order valence-electron chi connectivity index (χ4n) is 2.13. The van der Waals surface area contributed by atoms with Crippen molar-refractivity contribution in [3.05, 3.63) is 71.8 Å². The molecule has 2 rings (SSSR count).